The lowest BCUT2D eigenvalue weighted by atomic mass is 10.1. The fourth-order valence-electron chi connectivity index (χ4n) is 2.48. The van der Waals surface area contributed by atoms with Gasteiger partial charge in [-0.05, 0) is 42.0 Å². The number of hydrogen-bond donors (Lipinski definition) is 1. The third kappa shape index (κ3) is 3.30. The van der Waals surface area contributed by atoms with E-state index in [9.17, 15) is 18.3 Å². The van der Waals surface area contributed by atoms with Gasteiger partial charge in [0.2, 0.25) is 5.75 Å². The lowest BCUT2D eigenvalue weighted by Gasteiger charge is -2.10. The number of aromatic hydroxyl groups is 1. The van der Waals surface area contributed by atoms with Crippen molar-refractivity contribution >= 4 is 0 Å². The molecule has 0 amide bonds. The standard InChI is InChI=1S/C18H15F3N2O3/c1-25-15-7-11(8-16(26-2)17(15)24)12-9-22-23(10-12)14-5-3-13(4-6-14)18(19,20)21/h3-10,24H,1-2H3. The summed E-state index contributed by atoms with van der Waals surface area (Å²) in [5.41, 5.74) is 1.12. The number of benzene rings is 2. The normalized spacial score (nSPS) is 11.4. The largest absolute Gasteiger partial charge is 0.502 e. The molecule has 1 heterocycles. The maximum absolute atomic E-state index is 12.7. The van der Waals surface area contributed by atoms with E-state index in [1.807, 2.05) is 0 Å². The van der Waals surface area contributed by atoms with E-state index in [1.54, 1.807) is 24.5 Å². The number of nitrogens with zero attached hydrogens (tertiary/aromatic N) is 2. The summed E-state index contributed by atoms with van der Waals surface area (Å²) >= 11 is 0. The van der Waals surface area contributed by atoms with Crippen LogP contribution in [0.1, 0.15) is 5.56 Å². The Hall–Kier alpha value is -3.16. The number of ether oxygens (including phenoxy) is 2. The zero-order chi connectivity index (χ0) is 18.9. The molecule has 0 atom stereocenters. The van der Waals surface area contributed by atoms with Crippen LogP contribution in [0.15, 0.2) is 48.8 Å². The lowest BCUT2D eigenvalue weighted by molar-refractivity contribution is -0.137. The Kier molecular flexibility index (Phi) is 4.50. The topological polar surface area (TPSA) is 56.5 Å². The van der Waals surface area contributed by atoms with Gasteiger partial charge in [0.05, 0.1) is 31.7 Å². The number of aromatic nitrogens is 2. The number of rotatable bonds is 4. The zero-order valence-corrected chi connectivity index (χ0v) is 13.9. The number of phenols is 1. The highest BCUT2D eigenvalue weighted by molar-refractivity contribution is 5.70. The zero-order valence-electron chi connectivity index (χ0n) is 13.9. The van der Waals surface area contributed by atoms with E-state index < -0.39 is 11.7 Å². The van der Waals surface area contributed by atoms with E-state index in [4.69, 9.17) is 9.47 Å². The minimum Gasteiger partial charge on any atom is -0.502 e. The number of phenolic OH excluding ortho intramolecular Hbond substituents is 1. The minimum absolute atomic E-state index is 0.117. The van der Waals surface area contributed by atoms with Crippen LogP contribution in [-0.2, 0) is 6.18 Å². The highest BCUT2D eigenvalue weighted by Gasteiger charge is 2.30. The molecule has 0 unspecified atom stereocenters. The second-order valence-corrected chi connectivity index (χ2v) is 5.45. The highest BCUT2D eigenvalue weighted by atomic mass is 19.4. The summed E-state index contributed by atoms with van der Waals surface area (Å²) in [6.07, 6.45) is -1.16. The first-order valence-electron chi connectivity index (χ1n) is 7.51. The van der Waals surface area contributed by atoms with Crippen molar-refractivity contribution in [2.75, 3.05) is 14.2 Å². The summed E-state index contributed by atoms with van der Waals surface area (Å²) in [6.45, 7) is 0. The van der Waals surface area contributed by atoms with Crippen LogP contribution in [0.3, 0.4) is 0 Å². The second kappa shape index (κ2) is 6.62. The van der Waals surface area contributed by atoms with Gasteiger partial charge in [0, 0.05) is 11.8 Å². The van der Waals surface area contributed by atoms with E-state index in [1.165, 1.54) is 31.0 Å². The maximum Gasteiger partial charge on any atom is 0.416 e. The second-order valence-electron chi connectivity index (χ2n) is 5.45. The molecule has 26 heavy (non-hydrogen) atoms. The average Bonchev–Trinajstić information content (AvgIpc) is 3.11. The van der Waals surface area contributed by atoms with Crippen LogP contribution in [-0.4, -0.2) is 29.1 Å². The fraction of sp³-hybridized carbons (Fsp3) is 0.167. The monoisotopic (exact) mass is 364 g/mol. The third-order valence-electron chi connectivity index (χ3n) is 3.85. The van der Waals surface area contributed by atoms with Crippen LogP contribution in [0.25, 0.3) is 16.8 Å². The van der Waals surface area contributed by atoms with Crippen LogP contribution >= 0.6 is 0 Å². The number of halogens is 3. The molecule has 0 saturated heterocycles. The first-order chi connectivity index (χ1) is 12.3. The van der Waals surface area contributed by atoms with Crippen molar-refractivity contribution in [3.05, 3.63) is 54.4 Å². The molecule has 0 aliphatic heterocycles. The van der Waals surface area contributed by atoms with Crippen LogP contribution in [0.5, 0.6) is 17.2 Å². The molecule has 8 heteroatoms. The number of methoxy groups -OCH3 is 2. The van der Waals surface area contributed by atoms with Crippen LogP contribution < -0.4 is 9.47 Å². The predicted molar refractivity (Wildman–Crippen MR) is 88.8 cm³/mol. The third-order valence-corrected chi connectivity index (χ3v) is 3.85. The van der Waals surface area contributed by atoms with Gasteiger partial charge in [-0.3, -0.25) is 0 Å². The Morgan fingerprint density at radius 1 is 0.962 bits per heavy atom. The van der Waals surface area contributed by atoms with E-state index in [0.717, 1.165) is 12.1 Å². The lowest BCUT2D eigenvalue weighted by Crippen LogP contribution is -2.05. The Bertz CT molecular complexity index is 893. The maximum atomic E-state index is 12.7. The fourth-order valence-corrected chi connectivity index (χ4v) is 2.48. The van der Waals surface area contributed by atoms with Gasteiger partial charge < -0.3 is 14.6 Å². The summed E-state index contributed by atoms with van der Waals surface area (Å²) in [6, 6.07) is 7.93. The van der Waals surface area contributed by atoms with Gasteiger partial charge in [-0.25, -0.2) is 4.68 Å². The molecule has 0 aliphatic carbocycles. The van der Waals surface area contributed by atoms with Gasteiger partial charge in [0.25, 0.3) is 0 Å². The highest BCUT2D eigenvalue weighted by Crippen LogP contribution is 2.40. The van der Waals surface area contributed by atoms with Crippen molar-refractivity contribution in [3.63, 3.8) is 0 Å². The number of hydrogen-bond acceptors (Lipinski definition) is 4. The van der Waals surface area contributed by atoms with Crippen molar-refractivity contribution in [2.24, 2.45) is 0 Å². The van der Waals surface area contributed by atoms with Crippen molar-refractivity contribution in [2.45, 2.75) is 6.18 Å². The Morgan fingerprint density at radius 3 is 2.04 bits per heavy atom. The van der Waals surface area contributed by atoms with E-state index in [0.29, 0.717) is 16.8 Å². The van der Waals surface area contributed by atoms with Crippen LogP contribution in [0.4, 0.5) is 13.2 Å². The first kappa shape index (κ1) is 17.7. The summed E-state index contributed by atoms with van der Waals surface area (Å²) in [4.78, 5) is 0. The Morgan fingerprint density at radius 2 is 1.54 bits per heavy atom. The Labute approximate surface area is 147 Å². The van der Waals surface area contributed by atoms with Crippen molar-refractivity contribution < 1.29 is 27.8 Å². The van der Waals surface area contributed by atoms with Gasteiger partial charge in [0.15, 0.2) is 11.5 Å². The quantitative estimate of drug-likeness (QED) is 0.751. The van der Waals surface area contributed by atoms with Crippen molar-refractivity contribution in [1.29, 1.82) is 0 Å². The van der Waals surface area contributed by atoms with Crippen molar-refractivity contribution in [1.82, 2.24) is 9.78 Å². The van der Waals surface area contributed by atoms with Gasteiger partial charge >= 0.3 is 6.18 Å². The SMILES string of the molecule is COc1cc(-c2cnn(-c3ccc(C(F)(F)F)cc3)c2)cc(OC)c1O. The molecule has 3 rings (SSSR count). The summed E-state index contributed by atoms with van der Waals surface area (Å²) in [5, 5.41) is 14.2. The van der Waals surface area contributed by atoms with E-state index in [-0.39, 0.29) is 17.2 Å². The number of alkyl halides is 3. The average molecular weight is 364 g/mol. The molecule has 0 spiro atoms. The van der Waals surface area contributed by atoms with Gasteiger partial charge in [-0.2, -0.15) is 18.3 Å². The molecule has 3 aromatic rings. The van der Waals surface area contributed by atoms with Gasteiger partial charge in [-0.15, -0.1) is 0 Å². The van der Waals surface area contributed by atoms with Gasteiger partial charge in [0.1, 0.15) is 0 Å². The molecule has 5 nitrogen and oxygen atoms in total. The molecule has 1 aromatic heterocycles. The molecule has 0 radical (unpaired) electrons. The van der Waals surface area contributed by atoms with E-state index >= 15 is 0 Å². The molecule has 136 valence electrons. The molecular formula is C18H15F3N2O3. The smallest absolute Gasteiger partial charge is 0.416 e. The molecular weight excluding hydrogens is 349 g/mol. The summed E-state index contributed by atoms with van der Waals surface area (Å²) in [5.74, 6) is 0.358. The summed E-state index contributed by atoms with van der Waals surface area (Å²) in [7, 11) is 2.84. The first-order valence-corrected chi connectivity index (χ1v) is 7.51. The molecule has 0 fully saturated rings. The molecule has 1 N–H and O–H groups in total. The molecule has 0 saturated carbocycles. The Balaban J connectivity index is 1.95. The minimum atomic E-state index is -4.38. The van der Waals surface area contributed by atoms with Crippen molar-refractivity contribution in [3.8, 4) is 34.1 Å². The molecule has 0 bridgehead atoms. The van der Waals surface area contributed by atoms with E-state index in [2.05, 4.69) is 5.10 Å². The predicted octanol–water partition coefficient (Wildman–Crippen LogP) is 4.28. The van der Waals surface area contributed by atoms with Crippen LogP contribution in [0.2, 0.25) is 0 Å². The molecule has 0 aliphatic rings. The van der Waals surface area contributed by atoms with Gasteiger partial charge in [-0.1, -0.05) is 0 Å². The summed E-state index contributed by atoms with van der Waals surface area (Å²) < 4.78 is 49.7. The molecule has 2 aromatic carbocycles. The van der Waals surface area contributed by atoms with Crippen LogP contribution in [0, 0.1) is 0 Å².